The van der Waals surface area contributed by atoms with Gasteiger partial charge in [-0.3, -0.25) is 0 Å². The highest BCUT2D eigenvalue weighted by molar-refractivity contribution is 5.40. The highest BCUT2D eigenvalue weighted by atomic mass is 16.5. The minimum atomic E-state index is 0.615. The highest BCUT2D eigenvalue weighted by Gasteiger charge is 2.21. The Hall–Kier alpha value is -2.49. The summed E-state index contributed by atoms with van der Waals surface area (Å²) in [7, 11) is 0. The minimum Gasteiger partial charge on any atom is -0.493 e. The first-order chi connectivity index (χ1) is 13.6. The molecular weight excluding hydrogens is 346 g/mol. The maximum absolute atomic E-state index is 6.19. The fraction of sp³-hybridized carbons (Fsp3) is 0.458. The van der Waals surface area contributed by atoms with E-state index in [1.54, 1.807) is 0 Å². The van der Waals surface area contributed by atoms with Crippen LogP contribution in [0.1, 0.15) is 36.5 Å². The van der Waals surface area contributed by atoms with Crippen molar-refractivity contribution in [2.45, 2.75) is 39.7 Å². The molecule has 3 heterocycles. The van der Waals surface area contributed by atoms with Crippen LogP contribution in [0.15, 0.2) is 48.8 Å². The molecule has 1 aromatic carbocycles. The molecule has 1 aromatic heterocycles. The van der Waals surface area contributed by atoms with Crippen molar-refractivity contribution in [3.63, 3.8) is 0 Å². The predicted molar refractivity (Wildman–Crippen MR) is 115 cm³/mol. The molecule has 0 aliphatic carbocycles. The zero-order chi connectivity index (χ0) is 19.5. The smallest absolute Gasteiger partial charge is 0.128 e. The molecule has 1 saturated heterocycles. The van der Waals surface area contributed by atoms with E-state index in [0.29, 0.717) is 5.92 Å². The number of piperidine rings is 1. The molecule has 4 heteroatoms. The van der Waals surface area contributed by atoms with E-state index in [2.05, 4.69) is 65.5 Å². The highest BCUT2D eigenvalue weighted by Crippen LogP contribution is 2.27. The molecule has 1 fully saturated rings. The van der Waals surface area contributed by atoms with E-state index in [1.807, 2.05) is 6.20 Å². The SMILES string of the molecule is C=C(C)N1CCc2ccc(OCC3CCN(c4ccc(C)cn4)CC3)cc2C1. The normalized spacial score (nSPS) is 17.4. The summed E-state index contributed by atoms with van der Waals surface area (Å²) in [5, 5.41) is 0. The largest absolute Gasteiger partial charge is 0.493 e. The summed E-state index contributed by atoms with van der Waals surface area (Å²) in [4.78, 5) is 9.30. The predicted octanol–water partition coefficient (Wildman–Crippen LogP) is 4.58. The van der Waals surface area contributed by atoms with Crippen LogP contribution in [0.4, 0.5) is 5.82 Å². The Morgan fingerprint density at radius 2 is 1.96 bits per heavy atom. The third kappa shape index (κ3) is 4.32. The molecule has 2 aliphatic heterocycles. The lowest BCUT2D eigenvalue weighted by molar-refractivity contribution is 0.222. The van der Waals surface area contributed by atoms with Crippen molar-refractivity contribution in [2.75, 3.05) is 31.1 Å². The molecule has 4 nitrogen and oxygen atoms in total. The quantitative estimate of drug-likeness (QED) is 0.763. The number of aromatic nitrogens is 1. The van der Waals surface area contributed by atoms with Crippen LogP contribution < -0.4 is 9.64 Å². The van der Waals surface area contributed by atoms with Crippen molar-refractivity contribution in [3.8, 4) is 5.75 Å². The van der Waals surface area contributed by atoms with E-state index < -0.39 is 0 Å². The van der Waals surface area contributed by atoms with Crippen molar-refractivity contribution >= 4 is 5.82 Å². The van der Waals surface area contributed by atoms with Gasteiger partial charge in [-0.15, -0.1) is 0 Å². The van der Waals surface area contributed by atoms with E-state index in [-0.39, 0.29) is 0 Å². The van der Waals surface area contributed by atoms with Crippen molar-refractivity contribution in [1.82, 2.24) is 9.88 Å². The third-order valence-corrected chi connectivity index (χ3v) is 6.05. The average molecular weight is 378 g/mol. The van der Waals surface area contributed by atoms with E-state index in [4.69, 9.17) is 4.74 Å². The van der Waals surface area contributed by atoms with Crippen LogP contribution in [0.5, 0.6) is 5.75 Å². The van der Waals surface area contributed by atoms with Crippen LogP contribution in [0.2, 0.25) is 0 Å². The summed E-state index contributed by atoms with van der Waals surface area (Å²) in [5.41, 5.74) is 5.19. The van der Waals surface area contributed by atoms with Crippen molar-refractivity contribution in [1.29, 1.82) is 0 Å². The zero-order valence-corrected chi connectivity index (χ0v) is 17.2. The Balaban J connectivity index is 1.29. The summed E-state index contributed by atoms with van der Waals surface area (Å²) < 4.78 is 6.19. The summed E-state index contributed by atoms with van der Waals surface area (Å²) in [5.74, 6) is 2.72. The number of hydrogen-bond donors (Lipinski definition) is 0. The third-order valence-electron chi connectivity index (χ3n) is 6.05. The molecule has 0 saturated carbocycles. The standard InChI is InChI=1S/C24H31N3O/c1-18(2)27-13-10-21-5-6-23(14-22(21)16-27)28-17-20-8-11-26(12-9-20)24-7-4-19(3)15-25-24/h4-7,14-15,20H,1,8-13,16-17H2,2-3H3. The Bertz CT molecular complexity index is 822. The first kappa shape index (κ1) is 18.9. The number of fused-ring (bicyclic) bond motifs is 1. The second kappa shape index (κ2) is 8.26. The molecule has 0 bridgehead atoms. The molecule has 28 heavy (non-hydrogen) atoms. The van der Waals surface area contributed by atoms with Gasteiger partial charge in [0.2, 0.25) is 0 Å². The fourth-order valence-electron chi connectivity index (χ4n) is 4.14. The lowest BCUT2D eigenvalue weighted by Gasteiger charge is -2.33. The molecule has 0 atom stereocenters. The maximum atomic E-state index is 6.19. The van der Waals surface area contributed by atoms with Gasteiger partial charge < -0.3 is 14.5 Å². The Morgan fingerprint density at radius 3 is 2.68 bits per heavy atom. The lowest BCUT2D eigenvalue weighted by atomic mass is 9.97. The Labute approximate surface area is 168 Å². The van der Waals surface area contributed by atoms with Gasteiger partial charge >= 0.3 is 0 Å². The fourth-order valence-corrected chi connectivity index (χ4v) is 4.14. The number of nitrogens with zero attached hydrogens (tertiary/aromatic N) is 3. The minimum absolute atomic E-state index is 0.615. The Morgan fingerprint density at radius 1 is 1.14 bits per heavy atom. The molecule has 0 unspecified atom stereocenters. The maximum Gasteiger partial charge on any atom is 0.128 e. The van der Waals surface area contributed by atoms with E-state index in [9.17, 15) is 0 Å². The topological polar surface area (TPSA) is 28.6 Å². The van der Waals surface area contributed by atoms with Gasteiger partial charge in [-0.2, -0.15) is 0 Å². The van der Waals surface area contributed by atoms with E-state index in [1.165, 1.54) is 16.7 Å². The summed E-state index contributed by atoms with van der Waals surface area (Å²) in [6.45, 7) is 13.2. The number of rotatable bonds is 5. The van der Waals surface area contributed by atoms with Crippen LogP contribution in [-0.4, -0.2) is 36.1 Å². The molecule has 0 N–H and O–H groups in total. The number of ether oxygens (including phenoxy) is 1. The monoisotopic (exact) mass is 377 g/mol. The van der Waals surface area contributed by atoms with Gasteiger partial charge in [0.25, 0.3) is 0 Å². The zero-order valence-electron chi connectivity index (χ0n) is 17.2. The summed E-state index contributed by atoms with van der Waals surface area (Å²) >= 11 is 0. The van der Waals surface area contributed by atoms with Crippen molar-refractivity contribution in [3.05, 3.63) is 65.5 Å². The number of aryl methyl sites for hydroxylation is 1. The van der Waals surface area contributed by atoms with Gasteiger partial charge in [0.05, 0.1) is 6.61 Å². The number of hydrogen-bond acceptors (Lipinski definition) is 4. The lowest BCUT2D eigenvalue weighted by Crippen LogP contribution is -2.36. The van der Waals surface area contributed by atoms with Gasteiger partial charge in [0, 0.05) is 38.1 Å². The summed E-state index contributed by atoms with van der Waals surface area (Å²) in [6.07, 6.45) is 5.36. The molecule has 148 valence electrons. The number of allylic oxidation sites excluding steroid dienone is 1. The molecule has 4 rings (SSSR count). The molecule has 0 amide bonds. The van der Waals surface area contributed by atoms with Crippen LogP contribution in [0.25, 0.3) is 0 Å². The van der Waals surface area contributed by atoms with Crippen molar-refractivity contribution in [2.24, 2.45) is 5.92 Å². The van der Waals surface area contributed by atoms with Gasteiger partial charge in [-0.05, 0) is 73.9 Å². The second-order valence-corrected chi connectivity index (χ2v) is 8.27. The number of pyridine rings is 1. The number of anilines is 1. The van der Waals surface area contributed by atoms with Crippen LogP contribution >= 0.6 is 0 Å². The van der Waals surface area contributed by atoms with Gasteiger partial charge in [0.15, 0.2) is 0 Å². The van der Waals surface area contributed by atoms with Gasteiger partial charge in [-0.25, -0.2) is 4.98 Å². The average Bonchev–Trinajstić information content (AvgIpc) is 2.72. The molecule has 2 aromatic rings. The summed E-state index contributed by atoms with van der Waals surface area (Å²) in [6, 6.07) is 10.9. The first-order valence-corrected chi connectivity index (χ1v) is 10.4. The van der Waals surface area contributed by atoms with E-state index in [0.717, 1.165) is 69.3 Å². The molecular formula is C24H31N3O. The van der Waals surface area contributed by atoms with Crippen LogP contribution in [0, 0.1) is 12.8 Å². The number of benzene rings is 1. The Kier molecular flexibility index (Phi) is 5.56. The molecule has 2 aliphatic rings. The first-order valence-electron chi connectivity index (χ1n) is 10.4. The van der Waals surface area contributed by atoms with Crippen LogP contribution in [0.3, 0.4) is 0 Å². The van der Waals surface area contributed by atoms with Gasteiger partial charge in [0.1, 0.15) is 11.6 Å². The van der Waals surface area contributed by atoms with Gasteiger partial charge in [-0.1, -0.05) is 18.7 Å². The van der Waals surface area contributed by atoms with E-state index >= 15 is 0 Å². The second-order valence-electron chi connectivity index (χ2n) is 8.27. The van der Waals surface area contributed by atoms with Crippen molar-refractivity contribution < 1.29 is 4.74 Å². The van der Waals surface area contributed by atoms with Crippen LogP contribution in [-0.2, 0) is 13.0 Å². The molecule has 0 radical (unpaired) electrons. The molecule has 0 spiro atoms.